The van der Waals surface area contributed by atoms with E-state index in [1.54, 1.807) is 25.3 Å². The van der Waals surface area contributed by atoms with Crippen molar-refractivity contribution in [3.05, 3.63) is 50.6 Å². The van der Waals surface area contributed by atoms with Crippen molar-refractivity contribution in [2.45, 2.75) is 19.9 Å². The van der Waals surface area contributed by atoms with Gasteiger partial charge in [-0.05, 0) is 26.0 Å². The van der Waals surface area contributed by atoms with Crippen molar-refractivity contribution in [2.24, 2.45) is 0 Å². The predicted octanol–water partition coefficient (Wildman–Crippen LogP) is 3.83. The van der Waals surface area contributed by atoms with Gasteiger partial charge in [-0.2, -0.15) is 0 Å². The van der Waals surface area contributed by atoms with Gasteiger partial charge in [-0.3, -0.25) is 10.1 Å². The normalized spacial score (nSPS) is 12.2. The molecule has 1 N–H and O–H groups in total. The van der Waals surface area contributed by atoms with Crippen LogP contribution in [0.1, 0.15) is 24.6 Å². The summed E-state index contributed by atoms with van der Waals surface area (Å²) < 4.78 is 6.05. The maximum absolute atomic E-state index is 11.0. The summed E-state index contributed by atoms with van der Waals surface area (Å²) in [7, 11) is 0. The van der Waals surface area contributed by atoms with Gasteiger partial charge in [0.15, 0.2) is 0 Å². The molecule has 100 valence electrons. The van der Waals surface area contributed by atoms with Crippen LogP contribution in [0.2, 0.25) is 0 Å². The highest BCUT2D eigenvalue weighted by Gasteiger charge is 2.18. The lowest BCUT2D eigenvalue weighted by molar-refractivity contribution is -0.384. The summed E-state index contributed by atoms with van der Waals surface area (Å²) in [5.41, 5.74) is 0.432. The van der Waals surface area contributed by atoms with E-state index in [9.17, 15) is 10.1 Å². The van der Waals surface area contributed by atoms with E-state index >= 15 is 0 Å². The average molecular weight is 326 g/mol. The smallest absolute Gasteiger partial charge is 0.293 e. The molecule has 1 atom stereocenters. The molecule has 7 heteroatoms. The third-order valence-corrected chi connectivity index (χ3v) is 3.03. The van der Waals surface area contributed by atoms with Crippen molar-refractivity contribution >= 4 is 27.3 Å². The molecule has 6 nitrogen and oxygen atoms in total. The highest BCUT2D eigenvalue weighted by molar-refractivity contribution is 9.10. The monoisotopic (exact) mass is 325 g/mol. The zero-order valence-corrected chi connectivity index (χ0v) is 12.0. The number of benzene rings is 1. The number of nitrogens with one attached hydrogen (secondary N) is 1. The number of halogens is 1. The Morgan fingerprint density at radius 3 is 2.84 bits per heavy atom. The number of rotatable bonds is 4. The van der Waals surface area contributed by atoms with Gasteiger partial charge in [0, 0.05) is 10.5 Å². The number of aryl methyl sites for hydroxylation is 1. The van der Waals surface area contributed by atoms with Crippen LogP contribution in [0.25, 0.3) is 0 Å². The van der Waals surface area contributed by atoms with Gasteiger partial charge in [0.2, 0.25) is 5.89 Å². The average Bonchev–Trinajstić information content (AvgIpc) is 2.78. The van der Waals surface area contributed by atoms with Gasteiger partial charge < -0.3 is 9.73 Å². The molecule has 0 saturated heterocycles. The summed E-state index contributed by atoms with van der Waals surface area (Å²) in [5, 5.41) is 14.0. The second-order valence-corrected chi connectivity index (χ2v) is 5.01. The Bertz CT molecular complexity index is 612. The number of hydrogen-bond donors (Lipinski definition) is 1. The molecule has 2 rings (SSSR count). The summed E-state index contributed by atoms with van der Waals surface area (Å²) >= 11 is 3.22. The Hall–Kier alpha value is -1.89. The van der Waals surface area contributed by atoms with Gasteiger partial charge in [0.1, 0.15) is 17.5 Å². The molecular weight excluding hydrogens is 314 g/mol. The van der Waals surface area contributed by atoms with Crippen molar-refractivity contribution in [3.63, 3.8) is 0 Å². The first kappa shape index (κ1) is 13.5. The molecule has 1 aromatic carbocycles. The van der Waals surface area contributed by atoms with E-state index in [2.05, 4.69) is 26.2 Å². The zero-order valence-electron chi connectivity index (χ0n) is 10.4. The van der Waals surface area contributed by atoms with Gasteiger partial charge in [-0.25, -0.2) is 4.98 Å². The Morgan fingerprint density at radius 1 is 1.53 bits per heavy atom. The summed E-state index contributed by atoms with van der Waals surface area (Å²) in [6, 6.07) is 4.58. The number of nitrogens with zero attached hydrogens (tertiary/aromatic N) is 2. The van der Waals surface area contributed by atoms with E-state index in [-0.39, 0.29) is 11.7 Å². The lowest BCUT2D eigenvalue weighted by atomic mass is 10.2. The first-order valence-electron chi connectivity index (χ1n) is 5.60. The minimum absolute atomic E-state index is 0.00417. The zero-order chi connectivity index (χ0) is 14.0. The number of anilines is 1. The van der Waals surface area contributed by atoms with Crippen molar-refractivity contribution < 1.29 is 9.34 Å². The number of hydrogen-bond acceptors (Lipinski definition) is 5. The molecule has 0 aliphatic carbocycles. The quantitative estimate of drug-likeness (QED) is 0.682. The van der Waals surface area contributed by atoms with Crippen LogP contribution in [0, 0.1) is 17.0 Å². The molecule has 2 aromatic rings. The first-order chi connectivity index (χ1) is 8.97. The fourth-order valence-electron chi connectivity index (χ4n) is 1.65. The molecule has 19 heavy (non-hydrogen) atoms. The van der Waals surface area contributed by atoms with E-state index in [0.717, 1.165) is 0 Å². The molecule has 1 unspecified atom stereocenters. The largest absolute Gasteiger partial charge is 0.444 e. The molecule has 0 amide bonds. The fraction of sp³-hybridized carbons (Fsp3) is 0.250. The minimum atomic E-state index is -0.430. The second-order valence-electron chi connectivity index (χ2n) is 4.09. The lowest BCUT2D eigenvalue weighted by Crippen LogP contribution is -2.08. The third-order valence-electron chi connectivity index (χ3n) is 2.54. The first-order valence-corrected chi connectivity index (χ1v) is 6.39. The topological polar surface area (TPSA) is 81.2 Å². The fourth-order valence-corrected chi connectivity index (χ4v) is 1.99. The van der Waals surface area contributed by atoms with Crippen LogP contribution in [0.5, 0.6) is 0 Å². The molecule has 0 fully saturated rings. The van der Waals surface area contributed by atoms with Crippen LogP contribution < -0.4 is 5.32 Å². The van der Waals surface area contributed by atoms with E-state index < -0.39 is 4.92 Å². The Morgan fingerprint density at radius 2 is 2.26 bits per heavy atom. The van der Waals surface area contributed by atoms with E-state index in [1.165, 1.54) is 6.07 Å². The lowest BCUT2D eigenvalue weighted by Gasteiger charge is -2.12. The van der Waals surface area contributed by atoms with Crippen LogP contribution in [0.15, 0.2) is 33.3 Å². The van der Waals surface area contributed by atoms with E-state index in [0.29, 0.717) is 21.8 Å². The number of aromatic nitrogens is 1. The van der Waals surface area contributed by atoms with Gasteiger partial charge in [-0.15, -0.1) is 0 Å². The summed E-state index contributed by atoms with van der Waals surface area (Å²) in [6.45, 7) is 3.63. The van der Waals surface area contributed by atoms with Crippen molar-refractivity contribution in [2.75, 3.05) is 5.32 Å². The molecule has 0 aliphatic heterocycles. The summed E-state index contributed by atoms with van der Waals surface area (Å²) in [4.78, 5) is 14.7. The van der Waals surface area contributed by atoms with E-state index in [4.69, 9.17) is 4.42 Å². The molecule has 1 heterocycles. The van der Waals surface area contributed by atoms with E-state index in [1.807, 2.05) is 6.92 Å². The van der Waals surface area contributed by atoms with Crippen LogP contribution in [-0.4, -0.2) is 9.91 Å². The van der Waals surface area contributed by atoms with Crippen LogP contribution in [0.3, 0.4) is 0 Å². The highest BCUT2D eigenvalue weighted by Crippen LogP contribution is 2.30. The number of oxazole rings is 1. The molecule has 0 radical (unpaired) electrons. The second kappa shape index (κ2) is 5.40. The van der Waals surface area contributed by atoms with Crippen LogP contribution >= 0.6 is 15.9 Å². The van der Waals surface area contributed by atoms with Crippen LogP contribution in [0.4, 0.5) is 11.4 Å². The minimum Gasteiger partial charge on any atom is -0.444 e. The maximum atomic E-state index is 11.0. The number of nitro groups is 1. The maximum Gasteiger partial charge on any atom is 0.293 e. The van der Waals surface area contributed by atoms with Gasteiger partial charge in [0.25, 0.3) is 5.69 Å². The molecule has 1 aromatic heterocycles. The standard InChI is InChI=1S/C12H12BrN3O3/c1-7-6-14-12(19-7)8(2)15-10-4-3-9(13)5-11(10)16(17)18/h3-6,8,15H,1-2H3. The number of nitro benzene ring substituents is 1. The predicted molar refractivity (Wildman–Crippen MR) is 74.1 cm³/mol. The van der Waals surface area contributed by atoms with Crippen molar-refractivity contribution in [3.8, 4) is 0 Å². The molecule has 0 aliphatic rings. The summed E-state index contributed by atoms with van der Waals surface area (Å²) in [6.07, 6.45) is 1.61. The van der Waals surface area contributed by atoms with Gasteiger partial charge in [-0.1, -0.05) is 15.9 Å². The summed E-state index contributed by atoms with van der Waals surface area (Å²) in [5.74, 6) is 1.20. The molecule has 0 spiro atoms. The third kappa shape index (κ3) is 3.11. The molecule has 0 saturated carbocycles. The van der Waals surface area contributed by atoms with Gasteiger partial charge in [0.05, 0.1) is 11.1 Å². The van der Waals surface area contributed by atoms with Crippen molar-refractivity contribution in [1.82, 2.24) is 4.98 Å². The molecule has 0 bridgehead atoms. The molecular formula is C12H12BrN3O3. The Labute approximate surface area is 118 Å². The Kier molecular flexibility index (Phi) is 3.84. The van der Waals surface area contributed by atoms with Crippen molar-refractivity contribution in [1.29, 1.82) is 0 Å². The SMILES string of the molecule is Cc1cnc(C(C)Nc2ccc(Br)cc2[N+](=O)[O-])o1. The van der Waals surface area contributed by atoms with Crippen LogP contribution in [-0.2, 0) is 0 Å². The Balaban J connectivity index is 2.26. The highest BCUT2D eigenvalue weighted by atomic mass is 79.9. The van der Waals surface area contributed by atoms with Gasteiger partial charge >= 0.3 is 0 Å².